The number of nitrogens with zero attached hydrogens (tertiary/aromatic N) is 1. The van der Waals surface area contributed by atoms with Gasteiger partial charge in [0.1, 0.15) is 0 Å². The van der Waals surface area contributed by atoms with Gasteiger partial charge < -0.3 is 10.2 Å². The van der Waals surface area contributed by atoms with Gasteiger partial charge in [0.2, 0.25) is 0 Å². The van der Waals surface area contributed by atoms with Crippen LogP contribution in [-0.2, 0) is 6.54 Å². The maximum absolute atomic E-state index is 3.51. The first kappa shape index (κ1) is 14.5. The highest BCUT2D eigenvalue weighted by molar-refractivity contribution is 9.10. The summed E-state index contributed by atoms with van der Waals surface area (Å²) in [6, 6.07) is 17.2. The summed E-state index contributed by atoms with van der Waals surface area (Å²) in [6.45, 7) is 3.25. The van der Waals surface area contributed by atoms with E-state index < -0.39 is 0 Å². The fourth-order valence-corrected chi connectivity index (χ4v) is 3.24. The van der Waals surface area contributed by atoms with Crippen molar-refractivity contribution in [3.05, 3.63) is 58.6 Å². The Kier molecular flexibility index (Phi) is 4.81. The van der Waals surface area contributed by atoms with Gasteiger partial charge in [-0.25, -0.2) is 0 Å². The molecule has 0 atom stereocenters. The summed E-state index contributed by atoms with van der Waals surface area (Å²) < 4.78 is 1.13. The average molecular weight is 345 g/mol. The first-order valence-electron chi connectivity index (χ1n) is 7.64. The van der Waals surface area contributed by atoms with Gasteiger partial charge in [0.05, 0.1) is 0 Å². The molecule has 0 aliphatic carbocycles. The lowest BCUT2D eigenvalue weighted by Crippen LogP contribution is -2.29. The lowest BCUT2D eigenvalue weighted by Gasteiger charge is -2.28. The Hall–Kier alpha value is -1.48. The smallest absolute Gasteiger partial charge is 0.0401 e. The topological polar surface area (TPSA) is 15.3 Å². The third-order valence-corrected chi connectivity index (χ3v) is 4.47. The fraction of sp³-hybridized carbons (Fsp3) is 0.333. The van der Waals surface area contributed by atoms with Crippen molar-refractivity contribution in [1.29, 1.82) is 0 Å². The van der Waals surface area contributed by atoms with Crippen molar-refractivity contribution >= 4 is 27.3 Å². The van der Waals surface area contributed by atoms with Gasteiger partial charge in [-0.3, -0.25) is 0 Å². The average Bonchev–Trinajstić information content (AvgIpc) is 2.54. The van der Waals surface area contributed by atoms with E-state index in [1.165, 1.54) is 49.3 Å². The molecule has 2 nitrogen and oxygen atoms in total. The molecule has 0 aromatic heterocycles. The second kappa shape index (κ2) is 6.99. The van der Waals surface area contributed by atoms with Crippen LogP contribution >= 0.6 is 15.9 Å². The van der Waals surface area contributed by atoms with E-state index in [1.54, 1.807) is 0 Å². The van der Waals surface area contributed by atoms with Crippen LogP contribution in [0.15, 0.2) is 53.0 Å². The number of benzene rings is 2. The second-order valence-electron chi connectivity index (χ2n) is 5.58. The van der Waals surface area contributed by atoms with Crippen molar-refractivity contribution in [1.82, 2.24) is 0 Å². The molecule has 1 fully saturated rings. The Morgan fingerprint density at radius 1 is 0.952 bits per heavy atom. The van der Waals surface area contributed by atoms with Crippen LogP contribution in [0.3, 0.4) is 0 Å². The predicted molar refractivity (Wildman–Crippen MR) is 94.0 cm³/mol. The quantitative estimate of drug-likeness (QED) is 0.834. The number of rotatable bonds is 4. The summed E-state index contributed by atoms with van der Waals surface area (Å²) in [4.78, 5) is 2.49. The minimum absolute atomic E-state index is 0.850. The van der Waals surface area contributed by atoms with Crippen molar-refractivity contribution in [2.75, 3.05) is 23.3 Å². The van der Waals surface area contributed by atoms with E-state index in [9.17, 15) is 0 Å². The number of nitrogens with one attached hydrogen (secondary N) is 1. The highest BCUT2D eigenvalue weighted by Crippen LogP contribution is 2.22. The zero-order valence-electron chi connectivity index (χ0n) is 12.2. The highest BCUT2D eigenvalue weighted by atomic mass is 79.9. The molecular weight excluding hydrogens is 324 g/mol. The van der Waals surface area contributed by atoms with Gasteiger partial charge in [-0.05, 0) is 61.2 Å². The number of anilines is 2. The summed E-state index contributed by atoms with van der Waals surface area (Å²) in [6.07, 6.45) is 4.02. The minimum atomic E-state index is 0.850. The Bertz CT molecular complexity index is 574. The van der Waals surface area contributed by atoms with Crippen molar-refractivity contribution in [3.63, 3.8) is 0 Å². The van der Waals surface area contributed by atoms with Crippen molar-refractivity contribution in [3.8, 4) is 0 Å². The van der Waals surface area contributed by atoms with Crippen LogP contribution in [0.5, 0.6) is 0 Å². The summed E-state index contributed by atoms with van der Waals surface area (Å²) in [5.74, 6) is 0. The molecule has 3 rings (SSSR count). The lowest BCUT2D eigenvalue weighted by atomic mass is 10.1. The number of piperidine rings is 1. The largest absolute Gasteiger partial charge is 0.381 e. The first-order valence-corrected chi connectivity index (χ1v) is 8.44. The first-order chi connectivity index (χ1) is 10.3. The Balaban J connectivity index is 1.59. The molecule has 0 saturated carbocycles. The molecule has 3 heteroatoms. The molecule has 1 aliphatic heterocycles. The molecule has 0 bridgehead atoms. The summed E-state index contributed by atoms with van der Waals surface area (Å²) >= 11 is 3.51. The highest BCUT2D eigenvalue weighted by Gasteiger charge is 2.10. The molecule has 1 saturated heterocycles. The van der Waals surface area contributed by atoms with Gasteiger partial charge >= 0.3 is 0 Å². The third-order valence-electron chi connectivity index (χ3n) is 3.97. The second-order valence-corrected chi connectivity index (χ2v) is 6.49. The predicted octanol–water partition coefficient (Wildman–Crippen LogP) is 5.05. The lowest BCUT2D eigenvalue weighted by molar-refractivity contribution is 0.578. The van der Waals surface area contributed by atoms with Crippen LogP contribution in [-0.4, -0.2) is 13.1 Å². The molecule has 2 aromatic rings. The van der Waals surface area contributed by atoms with Gasteiger partial charge in [-0.2, -0.15) is 0 Å². The number of hydrogen-bond acceptors (Lipinski definition) is 2. The van der Waals surface area contributed by atoms with E-state index in [-0.39, 0.29) is 0 Å². The Morgan fingerprint density at radius 3 is 2.43 bits per heavy atom. The van der Waals surface area contributed by atoms with E-state index in [1.807, 2.05) is 0 Å². The van der Waals surface area contributed by atoms with Crippen LogP contribution in [0.1, 0.15) is 24.8 Å². The van der Waals surface area contributed by atoms with E-state index in [2.05, 4.69) is 74.7 Å². The summed E-state index contributed by atoms with van der Waals surface area (Å²) in [5, 5.41) is 3.48. The van der Waals surface area contributed by atoms with Crippen LogP contribution < -0.4 is 10.2 Å². The minimum Gasteiger partial charge on any atom is -0.381 e. The van der Waals surface area contributed by atoms with Crippen LogP contribution in [0.2, 0.25) is 0 Å². The molecule has 1 heterocycles. The van der Waals surface area contributed by atoms with Crippen molar-refractivity contribution in [2.24, 2.45) is 0 Å². The monoisotopic (exact) mass is 344 g/mol. The van der Waals surface area contributed by atoms with Gasteiger partial charge in [-0.15, -0.1) is 0 Å². The maximum atomic E-state index is 3.51. The molecule has 2 aromatic carbocycles. The van der Waals surface area contributed by atoms with E-state index in [0.29, 0.717) is 0 Å². The normalized spacial score (nSPS) is 15.0. The Labute approximate surface area is 135 Å². The zero-order valence-corrected chi connectivity index (χ0v) is 13.8. The van der Waals surface area contributed by atoms with E-state index in [0.717, 1.165) is 11.0 Å². The molecule has 0 spiro atoms. The molecule has 1 N–H and O–H groups in total. The molecule has 0 radical (unpaired) electrons. The zero-order chi connectivity index (χ0) is 14.5. The SMILES string of the molecule is Brc1cccc(CNc2ccc(N3CCCCC3)cc2)c1. The molecule has 21 heavy (non-hydrogen) atoms. The third kappa shape index (κ3) is 4.01. The fourth-order valence-electron chi connectivity index (χ4n) is 2.79. The van der Waals surface area contributed by atoms with Gasteiger partial charge in [0.25, 0.3) is 0 Å². The van der Waals surface area contributed by atoms with E-state index >= 15 is 0 Å². The number of halogens is 1. The molecule has 0 unspecified atom stereocenters. The van der Waals surface area contributed by atoms with Crippen LogP contribution in [0.4, 0.5) is 11.4 Å². The standard InChI is InChI=1S/C18H21BrN2/c19-16-6-4-5-15(13-16)14-20-17-7-9-18(10-8-17)21-11-2-1-3-12-21/h4-10,13,20H,1-3,11-12,14H2. The summed E-state index contributed by atoms with van der Waals surface area (Å²) in [7, 11) is 0. The maximum Gasteiger partial charge on any atom is 0.0401 e. The van der Waals surface area contributed by atoms with Gasteiger partial charge in [0.15, 0.2) is 0 Å². The number of hydrogen-bond donors (Lipinski definition) is 1. The molecular formula is C18H21BrN2. The molecule has 110 valence electrons. The van der Waals surface area contributed by atoms with E-state index in [4.69, 9.17) is 0 Å². The molecule has 1 aliphatic rings. The van der Waals surface area contributed by atoms with Crippen LogP contribution in [0, 0.1) is 0 Å². The Morgan fingerprint density at radius 2 is 1.71 bits per heavy atom. The molecule has 0 amide bonds. The van der Waals surface area contributed by atoms with Gasteiger partial charge in [-0.1, -0.05) is 28.1 Å². The van der Waals surface area contributed by atoms with Crippen LogP contribution in [0.25, 0.3) is 0 Å². The van der Waals surface area contributed by atoms with Crippen molar-refractivity contribution < 1.29 is 0 Å². The van der Waals surface area contributed by atoms with Gasteiger partial charge in [0, 0.05) is 35.5 Å². The van der Waals surface area contributed by atoms with Crippen molar-refractivity contribution in [2.45, 2.75) is 25.8 Å². The summed E-state index contributed by atoms with van der Waals surface area (Å²) in [5.41, 5.74) is 3.81.